The molecule has 0 amide bonds. The Balaban J connectivity index is 1.55. The van der Waals surface area contributed by atoms with Gasteiger partial charge in [0.25, 0.3) is 6.29 Å². The molecule has 1 fully saturated rings. The second-order valence-corrected chi connectivity index (χ2v) is 8.81. The van der Waals surface area contributed by atoms with Gasteiger partial charge in [0, 0.05) is 44.3 Å². The van der Waals surface area contributed by atoms with Gasteiger partial charge in [0.2, 0.25) is 0 Å². The van der Waals surface area contributed by atoms with Gasteiger partial charge in [-0.1, -0.05) is 5.16 Å². The molecule has 13 heteroatoms. The first-order valence-electron chi connectivity index (χ1n) is 12.2. The minimum atomic E-state index is -4.76. The van der Waals surface area contributed by atoms with Gasteiger partial charge >= 0.3 is 6.36 Å². The Bertz CT molecular complexity index is 1280. The van der Waals surface area contributed by atoms with Crippen molar-refractivity contribution in [1.29, 1.82) is 0 Å². The van der Waals surface area contributed by atoms with Crippen LogP contribution in [0, 0.1) is 0 Å². The minimum Gasteiger partial charge on any atom is -0.497 e. The lowest BCUT2D eigenvalue weighted by molar-refractivity contribution is -0.305. The molecule has 40 heavy (non-hydrogen) atoms. The minimum absolute atomic E-state index is 0.315. The number of aromatic nitrogens is 2. The van der Waals surface area contributed by atoms with E-state index in [0.717, 1.165) is 0 Å². The molecular weight excluding hydrogens is 535 g/mol. The number of nitrogens with zero attached hydrogens (tertiary/aromatic N) is 3. The fourth-order valence-corrected chi connectivity index (χ4v) is 4.47. The molecule has 0 saturated carbocycles. The normalized spacial score (nSPS) is 23.4. The number of benzene rings is 2. The zero-order valence-electron chi connectivity index (χ0n) is 22.5. The number of ether oxygens (including phenoxy) is 6. The SMILES string of the molecule is COc1ccc(/C=N/O[C@@H]2O[C@@H](C)[C@H](OC)[C@@H](OC)[C@H]2OC)c(-c2cn(-c3ccc(OC(F)(F)F)cc3)cn2)c1. The zero-order valence-corrected chi connectivity index (χ0v) is 22.5. The van der Waals surface area contributed by atoms with Crippen LogP contribution in [0.15, 0.2) is 60.1 Å². The van der Waals surface area contributed by atoms with E-state index in [4.69, 9.17) is 28.5 Å². The highest BCUT2D eigenvalue weighted by Gasteiger charge is 2.47. The van der Waals surface area contributed by atoms with Gasteiger partial charge in [-0.2, -0.15) is 0 Å². The lowest BCUT2D eigenvalue weighted by atomic mass is 9.99. The number of hydrogen-bond acceptors (Lipinski definition) is 9. The maximum atomic E-state index is 12.5. The fourth-order valence-electron chi connectivity index (χ4n) is 4.47. The summed E-state index contributed by atoms with van der Waals surface area (Å²) in [6.07, 6.45) is -2.54. The highest BCUT2D eigenvalue weighted by atomic mass is 19.4. The number of hydrogen-bond donors (Lipinski definition) is 0. The maximum absolute atomic E-state index is 12.5. The third-order valence-electron chi connectivity index (χ3n) is 6.39. The summed E-state index contributed by atoms with van der Waals surface area (Å²) in [6.45, 7) is 1.85. The monoisotopic (exact) mass is 565 g/mol. The summed E-state index contributed by atoms with van der Waals surface area (Å²) in [5.41, 5.74) is 2.50. The Labute approximate surface area is 229 Å². The van der Waals surface area contributed by atoms with Gasteiger partial charge in [-0.25, -0.2) is 4.98 Å². The molecule has 1 aromatic heterocycles. The third-order valence-corrected chi connectivity index (χ3v) is 6.39. The summed E-state index contributed by atoms with van der Waals surface area (Å²) in [5.74, 6) is 0.276. The van der Waals surface area contributed by atoms with Crippen LogP contribution in [-0.4, -0.2) is 81.3 Å². The largest absolute Gasteiger partial charge is 0.573 e. The topological polar surface area (TPSA) is 94.8 Å². The Morgan fingerprint density at radius 2 is 1.60 bits per heavy atom. The first kappa shape index (κ1) is 29.3. The number of rotatable bonds is 10. The van der Waals surface area contributed by atoms with Gasteiger partial charge in [0.15, 0.2) is 6.10 Å². The van der Waals surface area contributed by atoms with Crippen molar-refractivity contribution in [3.05, 3.63) is 60.6 Å². The zero-order chi connectivity index (χ0) is 28.9. The average molecular weight is 566 g/mol. The Kier molecular flexibility index (Phi) is 9.30. The van der Waals surface area contributed by atoms with Crippen molar-refractivity contribution in [2.45, 2.75) is 44.0 Å². The van der Waals surface area contributed by atoms with E-state index in [0.29, 0.717) is 28.3 Å². The van der Waals surface area contributed by atoms with E-state index in [1.807, 2.05) is 6.92 Å². The number of alkyl halides is 3. The number of oxime groups is 1. The lowest BCUT2D eigenvalue weighted by Crippen LogP contribution is -2.59. The second kappa shape index (κ2) is 12.7. The van der Waals surface area contributed by atoms with E-state index >= 15 is 0 Å². The molecule has 5 atom stereocenters. The molecule has 3 aromatic rings. The van der Waals surface area contributed by atoms with E-state index in [1.54, 1.807) is 56.6 Å². The quantitative estimate of drug-likeness (QED) is 0.260. The molecule has 0 bridgehead atoms. The van der Waals surface area contributed by atoms with Crippen LogP contribution in [0.25, 0.3) is 16.9 Å². The van der Waals surface area contributed by atoms with Crippen LogP contribution in [0.1, 0.15) is 12.5 Å². The van der Waals surface area contributed by atoms with Crippen LogP contribution < -0.4 is 9.47 Å². The van der Waals surface area contributed by atoms with Crippen molar-refractivity contribution < 1.29 is 46.4 Å². The molecule has 0 N–H and O–H groups in total. The van der Waals surface area contributed by atoms with Crippen LogP contribution in [0.4, 0.5) is 13.2 Å². The van der Waals surface area contributed by atoms with Gasteiger partial charge < -0.3 is 37.8 Å². The van der Waals surface area contributed by atoms with Crippen LogP contribution in [-0.2, 0) is 23.8 Å². The Morgan fingerprint density at radius 1 is 0.925 bits per heavy atom. The van der Waals surface area contributed by atoms with Crippen molar-refractivity contribution in [3.8, 4) is 28.4 Å². The summed E-state index contributed by atoms with van der Waals surface area (Å²) in [7, 11) is 6.21. The highest BCUT2D eigenvalue weighted by Crippen LogP contribution is 2.30. The second-order valence-electron chi connectivity index (χ2n) is 8.81. The molecule has 10 nitrogen and oxygen atoms in total. The molecule has 1 aliphatic rings. The fraction of sp³-hybridized carbons (Fsp3) is 0.407. The van der Waals surface area contributed by atoms with Gasteiger partial charge in [0.1, 0.15) is 23.7 Å². The van der Waals surface area contributed by atoms with Crippen LogP contribution in [0.5, 0.6) is 11.5 Å². The van der Waals surface area contributed by atoms with E-state index < -0.39 is 24.9 Å². The first-order chi connectivity index (χ1) is 19.2. The van der Waals surface area contributed by atoms with E-state index in [9.17, 15) is 13.2 Å². The molecule has 2 aromatic carbocycles. The van der Waals surface area contributed by atoms with E-state index in [-0.39, 0.29) is 18.0 Å². The molecular formula is C27H30F3N3O7. The van der Waals surface area contributed by atoms with Crippen molar-refractivity contribution in [3.63, 3.8) is 0 Å². The van der Waals surface area contributed by atoms with Gasteiger partial charge in [-0.3, -0.25) is 0 Å². The molecule has 4 rings (SSSR count). The number of imidazole rings is 1. The van der Waals surface area contributed by atoms with E-state index in [2.05, 4.69) is 14.9 Å². The van der Waals surface area contributed by atoms with Gasteiger partial charge in [-0.15, -0.1) is 13.2 Å². The van der Waals surface area contributed by atoms with Crippen molar-refractivity contribution in [1.82, 2.24) is 9.55 Å². The summed E-state index contributed by atoms with van der Waals surface area (Å²) in [5, 5.41) is 4.16. The van der Waals surface area contributed by atoms with Crippen molar-refractivity contribution in [2.75, 3.05) is 28.4 Å². The summed E-state index contributed by atoms with van der Waals surface area (Å²) in [6, 6.07) is 10.8. The predicted molar refractivity (Wildman–Crippen MR) is 138 cm³/mol. The predicted octanol–water partition coefficient (Wildman–Crippen LogP) is 4.59. The van der Waals surface area contributed by atoms with Crippen LogP contribution >= 0.6 is 0 Å². The summed E-state index contributed by atoms with van der Waals surface area (Å²) < 4.78 is 71.0. The Hall–Kier alpha value is -3.65. The van der Waals surface area contributed by atoms with Crippen molar-refractivity contribution in [2.24, 2.45) is 5.16 Å². The van der Waals surface area contributed by atoms with E-state index in [1.165, 1.54) is 37.6 Å². The van der Waals surface area contributed by atoms with Crippen molar-refractivity contribution >= 4 is 6.21 Å². The Morgan fingerprint density at radius 3 is 2.23 bits per heavy atom. The average Bonchev–Trinajstić information content (AvgIpc) is 3.42. The smallest absolute Gasteiger partial charge is 0.497 e. The maximum Gasteiger partial charge on any atom is 0.573 e. The van der Waals surface area contributed by atoms with Crippen LogP contribution in [0.2, 0.25) is 0 Å². The number of halogens is 3. The first-order valence-corrected chi connectivity index (χ1v) is 12.2. The molecule has 2 heterocycles. The summed E-state index contributed by atoms with van der Waals surface area (Å²) >= 11 is 0. The molecule has 1 saturated heterocycles. The van der Waals surface area contributed by atoms with Gasteiger partial charge in [-0.05, 0) is 49.4 Å². The summed E-state index contributed by atoms with van der Waals surface area (Å²) in [4.78, 5) is 10.2. The highest BCUT2D eigenvalue weighted by molar-refractivity contribution is 5.89. The molecule has 0 aliphatic carbocycles. The standard InChI is InChI=1S/C27H30F3N3O7/c1-16-23(35-3)24(36-4)25(37-5)26(38-16)40-32-13-17-6-9-20(34-2)12-21(17)22-14-33(15-31-22)18-7-10-19(11-8-18)39-27(28,29)30/h6-16,23-26H,1-5H3/b32-13+/t16-,23-,24+,25+,26-/m0/s1. The molecule has 0 radical (unpaired) electrons. The lowest BCUT2D eigenvalue weighted by Gasteiger charge is -2.42. The van der Waals surface area contributed by atoms with Crippen LogP contribution in [0.3, 0.4) is 0 Å². The van der Waals surface area contributed by atoms with Gasteiger partial charge in [0.05, 0.1) is 31.4 Å². The molecule has 216 valence electrons. The molecule has 0 unspecified atom stereocenters. The third kappa shape index (κ3) is 6.73. The molecule has 1 aliphatic heterocycles. The molecule has 0 spiro atoms. The number of methoxy groups -OCH3 is 4.